The van der Waals surface area contributed by atoms with Crippen LogP contribution in [0.1, 0.15) is 54.6 Å². The highest BCUT2D eigenvalue weighted by atomic mass is 35.5. The van der Waals surface area contributed by atoms with E-state index < -0.39 is 46.9 Å². The van der Waals surface area contributed by atoms with Gasteiger partial charge in [0.1, 0.15) is 11.6 Å². The number of anilines is 1. The SMILES string of the molecule is CNC[C@]1(c2ccc(Cl)cc2F)[C@H](CC(C)(C)C)N[C@@H](C(=O)Nc2ccc(C(=O)O)cc2)[C@@H]1c1cccc(Cl)c1F. The molecule has 1 aliphatic rings. The van der Waals surface area contributed by atoms with Gasteiger partial charge in [0.25, 0.3) is 0 Å². The molecule has 10 heteroatoms. The van der Waals surface area contributed by atoms with E-state index in [1.165, 1.54) is 36.4 Å². The number of carbonyl (C=O) groups excluding carboxylic acids is 1. The highest BCUT2D eigenvalue weighted by Crippen LogP contribution is 2.53. The monoisotopic (exact) mass is 603 g/mol. The van der Waals surface area contributed by atoms with E-state index in [4.69, 9.17) is 23.2 Å². The summed E-state index contributed by atoms with van der Waals surface area (Å²) >= 11 is 12.4. The van der Waals surface area contributed by atoms with Crippen LogP contribution < -0.4 is 16.0 Å². The molecule has 4 rings (SSSR count). The first-order valence-electron chi connectivity index (χ1n) is 13.2. The van der Waals surface area contributed by atoms with Gasteiger partial charge >= 0.3 is 5.97 Å². The second-order valence-corrected chi connectivity index (χ2v) is 12.5. The van der Waals surface area contributed by atoms with Crippen LogP contribution in [0.5, 0.6) is 0 Å². The Bertz CT molecular complexity index is 1450. The molecule has 41 heavy (non-hydrogen) atoms. The number of halogens is 4. The van der Waals surface area contributed by atoms with E-state index in [9.17, 15) is 14.7 Å². The average Bonchev–Trinajstić information content (AvgIpc) is 3.19. The number of likely N-dealkylation sites (N-methyl/N-ethyl adjacent to an activating group) is 1. The van der Waals surface area contributed by atoms with Crippen molar-refractivity contribution in [3.8, 4) is 0 Å². The molecule has 6 nitrogen and oxygen atoms in total. The van der Waals surface area contributed by atoms with Crippen molar-refractivity contribution in [1.29, 1.82) is 0 Å². The number of carbonyl (C=O) groups is 2. The van der Waals surface area contributed by atoms with E-state index >= 15 is 8.78 Å². The molecule has 1 saturated heterocycles. The molecular formula is C31H33Cl2F2N3O3. The molecule has 0 saturated carbocycles. The minimum Gasteiger partial charge on any atom is -0.478 e. The summed E-state index contributed by atoms with van der Waals surface area (Å²) in [6, 6.07) is 13.3. The summed E-state index contributed by atoms with van der Waals surface area (Å²) in [5, 5.41) is 18.8. The lowest BCUT2D eigenvalue weighted by Crippen LogP contribution is -2.51. The maximum absolute atomic E-state index is 15.9. The summed E-state index contributed by atoms with van der Waals surface area (Å²) in [6.07, 6.45) is 0.520. The quantitative estimate of drug-likeness (QED) is 0.232. The van der Waals surface area contributed by atoms with Gasteiger partial charge in [-0.05, 0) is 72.5 Å². The van der Waals surface area contributed by atoms with Crippen molar-refractivity contribution >= 4 is 40.8 Å². The summed E-state index contributed by atoms with van der Waals surface area (Å²) in [5.41, 5.74) is -0.511. The number of amides is 1. The summed E-state index contributed by atoms with van der Waals surface area (Å²) in [7, 11) is 1.73. The van der Waals surface area contributed by atoms with E-state index in [0.29, 0.717) is 17.7 Å². The Hall–Kier alpha value is -3.04. The van der Waals surface area contributed by atoms with Crippen LogP contribution in [0.25, 0.3) is 0 Å². The van der Waals surface area contributed by atoms with Crippen LogP contribution in [0.2, 0.25) is 10.0 Å². The maximum Gasteiger partial charge on any atom is 0.335 e. The molecule has 1 amide bonds. The molecular weight excluding hydrogens is 571 g/mol. The molecule has 4 N–H and O–H groups in total. The molecule has 3 aromatic rings. The van der Waals surface area contributed by atoms with Gasteiger partial charge in [-0.25, -0.2) is 13.6 Å². The molecule has 0 bridgehead atoms. The number of rotatable bonds is 8. The molecule has 1 aliphatic heterocycles. The van der Waals surface area contributed by atoms with Gasteiger partial charge in [-0.2, -0.15) is 0 Å². The minimum absolute atomic E-state index is 0.0670. The fourth-order valence-corrected chi connectivity index (χ4v) is 6.37. The van der Waals surface area contributed by atoms with Gasteiger partial charge in [0.2, 0.25) is 5.91 Å². The van der Waals surface area contributed by atoms with Crippen molar-refractivity contribution in [3.05, 3.63) is 99.0 Å². The average molecular weight is 605 g/mol. The van der Waals surface area contributed by atoms with Gasteiger partial charge in [-0.15, -0.1) is 0 Å². The highest BCUT2D eigenvalue weighted by molar-refractivity contribution is 6.31. The number of carboxylic acids is 1. The van der Waals surface area contributed by atoms with Gasteiger partial charge in [0.15, 0.2) is 0 Å². The third-order valence-electron chi connectivity index (χ3n) is 7.61. The van der Waals surface area contributed by atoms with Gasteiger partial charge in [0, 0.05) is 34.6 Å². The Balaban J connectivity index is 1.94. The maximum atomic E-state index is 15.9. The van der Waals surface area contributed by atoms with Crippen molar-refractivity contribution in [3.63, 3.8) is 0 Å². The first-order chi connectivity index (χ1) is 19.3. The molecule has 0 radical (unpaired) electrons. The predicted octanol–water partition coefficient (Wildman–Crippen LogP) is 6.63. The van der Waals surface area contributed by atoms with Crippen molar-refractivity contribution < 1.29 is 23.5 Å². The second-order valence-electron chi connectivity index (χ2n) is 11.6. The molecule has 0 aliphatic carbocycles. The first-order valence-corrected chi connectivity index (χ1v) is 14.0. The van der Waals surface area contributed by atoms with Gasteiger partial charge in [-0.3, -0.25) is 4.79 Å². The molecule has 0 aromatic heterocycles. The van der Waals surface area contributed by atoms with E-state index in [0.717, 1.165) is 0 Å². The van der Waals surface area contributed by atoms with Crippen LogP contribution in [-0.2, 0) is 10.2 Å². The highest BCUT2D eigenvalue weighted by Gasteiger charge is 2.60. The predicted molar refractivity (Wildman–Crippen MR) is 158 cm³/mol. The lowest BCUT2D eigenvalue weighted by molar-refractivity contribution is -0.118. The fourth-order valence-electron chi connectivity index (χ4n) is 6.03. The van der Waals surface area contributed by atoms with Crippen molar-refractivity contribution in [2.75, 3.05) is 18.9 Å². The number of nitrogens with one attached hydrogen (secondary N) is 3. The zero-order valence-electron chi connectivity index (χ0n) is 23.2. The van der Waals surface area contributed by atoms with Crippen LogP contribution in [0.15, 0.2) is 60.7 Å². The smallest absolute Gasteiger partial charge is 0.335 e. The second kappa shape index (κ2) is 12.1. The molecule has 0 unspecified atom stereocenters. The normalized spacial score (nSPS) is 22.5. The molecule has 4 atom stereocenters. The standard InChI is InChI=1S/C31H33Cl2F2N3O3/c1-30(2,3)15-24-31(16-36-4,21-13-10-18(32)14-23(21)34)25(20-6-5-7-22(33)26(20)35)27(38-24)28(39)37-19-11-8-17(9-12-19)29(40)41/h5-14,24-25,27,36,38H,15-16H2,1-4H3,(H,37,39)(H,40,41)/t24-,25-,27+,31-/m0/s1. The summed E-state index contributed by atoms with van der Waals surface area (Å²) in [4.78, 5) is 25.3. The van der Waals surface area contributed by atoms with E-state index in [2.05, 4.69) is 16.0 Å². The Morgan fingerprint density at radius 2 is 1.73 bits per heavy atom. The van der Waals surface area contributed by atoms with Crippen molar-refractivity contribution in [2.24, 2.45) is 5.41 Å². The number of aromatic carboxylic acids is 1. The molecule has 1 heterocycles. The Morgan fingerprint density at radius 1 is 1.05 bits per heavy atom. The fraction of sp³-hybridized carbons (Fsp3) is 0.355. The van der Waals surface area contributed by atoms with Crippen molar-refractivity contribution in [2.45, 2.75) is 50.6 Å². The lowest BCUT2D eigenvalue weighted by atomic mass is 9.61. The zero-order chi connectivity index (χ0) is 30.1. The van der Waals surface area contributed by atoms with E-state index in [-0.39, 0.29) is 33.1 Å². The van der Waals surface area contributed by atoms with Crippen LogP contribution in [0, 0.1) is 17.0 Å². The zero-order valence-corrected chi connectivity index (χ0v) is 24.7. The number of benzene rings is 3. The molecule has 218 valence electrons. The number of hydrogen-bond acceptors (Lipinski definition) is 4. The minimum atomic E-state index is -1.16. The molecule has 0 spiro atoms. The summed E-state index contributed by atoms with van der Waals surface area (Å²) in [5.74, 6) is -3.73. The van der Waals surface area contributed by atoms with Crippen molar-refractivity contribution in [1.82, 2.24) is 10.6 Å². The Labute approximate surface area is 248 Å². The number of carboxylic acid groups (broad SMARTS) is 1. The largest absolute Gasteiger partial charge is 0.478 e. The van der Waals surface area contributed by atoms with Crippen LogP contribution in [-0.4, -0.2) is 42.7 Å². The number of hydrogen-bond donors (Lipinski definition) is 4. The van der Waals surface area contributed by atoms with Crippen LogP contribution in [0.4, 0.5) is 14.5 Å². The topological polar surface area (TPSA) is 90.5 Å². The molecule has 3 aromatic carbocycles. The Morgan fingerprint density at radius 3 is 2.32 bits per heavy atom. The van der Waals surface area contributed by atoms with Crippen LogP contribution in [0.3, 0.4) is 0 Å². The summed E-state index contributed by atoms with van der Waals surface area (Å²) in [6.45, 7) is 6.34. The Kier molecular flexibility index (Phi) is 9.09. The first kappa shape index (κ1) is 30.9. The third kappa shape index (κ3) is 6.26. The lowest BCUT2D eigenvalue weighted by Gasteiger charge is -2.43. The van der Waals surface area contributed by atoms with Gasteiger partial charge in [-0.1, -0.05) is 62.2 Å². The van der Waals surface area contributed by atoms with E-state index in [1.54, 1.807) is 31.3 Å². The molecule has 1 fully saturated rings. The van der Waals surface area contributed by atoms with Gasteiger partial charge in [0.05, 0.1) is 16.6 Å². The summed E-state index contributed by atoms with van der Waals surface area (Å²) < 4.78 is 31.8. The van der Waals surface area contributed by atoms with Gasteiger partial charge < -0.3 is 21.1 Å². The van der Waals surface area contributed by atoms with E-state index in [1.807, 2.05) is 20.8 Å². The third-order valence-corrected chi connectivity index (χ3v) is 8.13. The van der Waals surface area contributed by atoms with Crippen LogP contribution >= 0.6 is 23.2 Å².